The number of hydrogen-bond acceptors (Lipinski definition) is 3. The number of carbonyl (C=O) groups excluding carboxylic acids is 1. The van der Waals surface area contributed by atoms with Crippen LogP contribution in [0.2, 0.25) is 5.02 Å². The number of rotatable bonds is 2. The molecule has 0 radical (unpaired) electrons. The van der Waals surface area contributed by atoms with Crippen LogP contribution in [0.25, 0.3) is 0 Å². The van der Waals surface area contributed by atoms with Gasteiger partial charge in [0.15, 0.2) is 0 Å². The second-order valence-corrected chi connectivity index (χ2v) is 4.13. The quantitative estimate of drug-likeness (QED) is 0.875. The molecule has 2 rings (SSSR count). The molecule has 7 heteroatoms. The van der Waals surface area contributed by atoms with E-state index in [1.54, 1.807) is 0 Å². The van der Waals surface area contributed by atoms with Crippen LogP contribution in [-0.4, -0.2) is 31.7 Å². The van der Waals surface area contributed by atoms with Gasteiger partial charge in [0.1, 0.15) is 11.9 Å². The molecule has 0 saturated carbocycles. The second-order valence-electron chi connectivity index (χ2n) is 3.70. The highest BCUT2D eigenvalue weighted by molar-refractivity contribution is 6.30. The highest BCUT2D eigenvalue weighted by atomic mass is 35.5. The molecule has 0 spiro atoms. The second kappa shape index (κ2) is 6.89. The zero-order valence-electron chi connectivity index (χ0n) is 9.41. The summed E-state index contributed by atoms with van der Waals surface area (Å²) in [6.07, 6.45) is 0. The van der Waals surface area contributed by atoms with Crippen molar-refractivity contribution < 1.29 is 13.9 Å². The Bertz CT molecular complexity index is 426. The summed E-state index contributed by atoms with van der Waals surface area (Å²) < 4.78 is 18.6. The van der Waals surface area contributed by atoms with Gasteiger partial charge in [-0.2, -0.15) is 0 Å². The Morgan fingerprint density at radius 2 is 2.33 bits per heavy atom. The minimum Gasteiger partial charge on any atom is -0.378 e. The van der Waals surface area contributed by atoms with Crippen LogP contribution >= 0.6 is 24.0 Å². The molecule has 0 bridgehead atoms. The van der Waals surface area contributed by atoms with Crippen LogP contribution in [0, 0.1) is 5.82 Å². The SMILES string of the molecule is Cl.O=C(Nc1ccc(Cl)cc1F)C1COCCN1. The monoisotopic (exact) mass is 294 g/mol. The molecule has 4 nitrogen and oxygen atoms in total. The van der Waals surface area contributed by atoms with Gasteiger partial charge in [-0.25, -0.2) is 4.39 Å². The van der Waals surface area contributed by atoms with E-state index >= 15 is 0 Å². The fourth-order valence-corrected chi connectivity index (χ4v) is 1.70. The summed E-state index contributed by atoms with van der Waals surface area (Å²) in [6.45, 7) is 1.49. The number of anilines is 1. The van der Waals surface area contributed by atoms with Gasteiger partial charge in [-0.15, -0.1) is 12.4 Å². The summed E-state index contributed by atoms with van der Waals surface area (Å²) in [5.74, 6) is -0.867. The first-order valence-electron chi connectivity index (χ1n) is 5.24. The van der Waals surface area contributed by atoms with Crippen molar-refractivity contribution in [2.45, 2.75) is 6.04 Å². The Labute approximate surface area is 115 Å². The Kier molecular flexibility index (Phi) is 5.81. The summed E-state index contributed by atoms with van der Waals surface area (Å²) in [5, 5.41) is 5.77. The van der Waals surface area contributed by atoms with Gasteiger partial charge in [-0.3, -0.25) is 4.79 Å². The number of amides is 1. The van der Waals surface area contributed by atoms with Crippen molar-refractivity contribution in [2.24, 2.45) is 0 Å². The molecule has 1 amide bonds. The highest BCUT2D eigenvalue weighted by Crippen LogP contribution is 2.19. The van der Waals surface area contributed by atoms with E-state index in [0.29, 0.717) is 24.8 Å². The third-order valence-corrected chi connectivity index (χ3v) is 2.66. The minimum atomic E-state index is -0.553. The zero-order chi connectivity index (χ0) is 12.3. The van der Waals surface area contributed by atoms with Crippen LogP contribution in [0.1, 0.15) is 0 Å². The number of hydrogen-bond donors (Lipinski definition) is 2. The Hall–Kier alpha value is -0.880. The maximum Gasteiger partial charge on any atom is 0.243 e. The molecule has 18 heavy (non-hydrogen) atoms. The minimum absolute atomic E-state index is 0. The lowest BCUT2D eigenvalue weighted by Crippen LogP contribution is -2.48. The van der Waals surface area contributed by atoms with E-state index in [4.69, 9.17) is 16.3 Å². The average molecular weight is 295 g/mol. The van der Waals surface area contributed by atoms with Crippen molar-refractivity contribution in [2.75, 3.05) is 25.1 Å². The zero-order valence-corrected chi connectivity index (χ0v) is 11.0. The van der Waals surface area contributed by atoms with Gasteiger partial charge in [0.2, 0.25) is 5.91 Å². The maximum atomic E-state index is 13.4. The molecule has 0 aromatic heterocycles. The van der Waals surface area contributed by atoms with Crippen LogP contribution in [0.4, 0.5) is 10.1 Å². The highest BCUT2D eigenvalue weighted by Gasteiger charge is 2.21. The standard InChI is InChI=1S/C11H12ClFN2O2.ClH/c12-7-1-2-9(8(13)5-7)15-11(16)10-6-17-4-3-14-10;/h1-2,5,10,14H,3-4,6H2,(H,15,16);1H. The Balaban J connectivity index is 0.00000162. The van der Waals surface area contributed by atoms with Crippen molar-refractivity contribution in [1.29, 1.82) is 0 Å². The van der Waals surface area contributed by atoms with Crippen LogP contribution < -0.4 is 10.6 Å². The van der Waals surface area contributed by atoms with Gasteiger partial charge in [0, 0.05) is 11.6 Å². The molecular formula is C11H13Cl2FN2O2. The van der Waals surface area contributed by atoms with Crippen molar-refractivity contribution in [3.8, 4) is 0 Å². The molecule has 100 valence electrons. The van der Waals surface area contributed by atoms with Crippen molar-refractivity contribution in [3.63, 3.8) is 0 Å². The van der Waals surface area contributed by atoms with Gasteiger partial charge >= 0.3 is 0 Å². The lowest BCUT2D eigenvalue weighted by molar-refractivity contribution is -0.120. The number of halogens is 3. The first kappa shape index (κ1) is 15.2. The number of carbonyl (C=O) groups is 1. The molecule has 1 unspecified atom stereocenters. The molecule has 1 fully saturated rings. The van der Waals surface area contributed by atoms with Crippen molar-refractivity contribution >= 4 is 35.6 Å². The van der Waals surface area contributed by atoms with Gasteiger partial charge in [0.05, 0.1) is 18.9 Å². The number of ether oxygens (including phenoxy) is 1. The topological polar surface area (TPSA) is 50.4 Å². The van der Waals surface area contributed by atoms with Crippen LogP contribution in [-0.2, 0) is 9.53 Å². The molecule has 1 aromatic carbocycles. The van der Waals surface area contributed by atoms with Gasteiger partial charge in [0.25, 0.3) is 0 Å². The van der Waals surface area contributed by atoms with Gasteiger partial charge in [-0.1, -0.05) is 11.6 Å². The molecule has 0 aliphatic carbocycles. The first-order valence-corrected chi connectivity index (χ1v) is 5.61. The van der Waals surface area contributed by atoms with Crippen molar-refractivity contribution in [1.82, 2.24) is 5.32 Å². The van der Waals surface area contributed by atoms with E-state index in [1.165, 1.54) is 12.1 Å². The summed E-state index contributed by atoms with van der Waals surface area (Å²) in [7, 11) is 0. The van der Waals surface area contributed by atoms with Crippen LogP contribution in [0.3, 0.4) is 0 Å². The third kappa shape index (κ3) is 3.81. The van der Waals surface area contributed by atoms with E-state index in [2.05, 4.69) is 10.6 Å². The van der Waals surface area contributed by atoms with E-state index in [-0.39, 0.29) is 24.0 Å². The van der Waals surface area contributed by atoms with E-state index < -0.39 is 11.9 Å². The molecule has 1 saturated heterocycles. The lowest BCUT2D eigenvalue weighted by atomic mass is 10.2. The number of nitrogens with one attached hydrogen (secondary N) is 2. The van der Waals surface area contributed by atoms with E-state index in [1.807, 2.05) is 0 Å². The fourth-order valence-electron chi connectivity index (χ4n) is 1.54. The molecule has 1 heterocycles. The first-order chi connectivity index (χ1) is 8.16. The average Bonchev–Trinajstić information content (AvgIpc) is 2.34. The fraction of sp³-hybridized carbons (Fsp3) is 0.364. The molecular weight excluding hydrogens is 282 g/mol. The molecule has 1 aliphatic rings. The largest absolute Gasteiger partial charge is 0.378 e. The summed E-state index contributed by atoms with van der Waals surface area (Å²) in [5.41, 5.74) is 0.117. The molecule has 1 atom stereocenters. The predicted octanol–water partition coefficient (Wildman–Crippen LogP) is 1.83. The maximum absolute atomic E-state index is 13.4. The normalized spacial score (nSPS) is 18.9. The van der Waals surface area contributed by atoms with E-state index in [9.17, 15) is 9.18 Å². The molecule has 1 aromatic rings. The third-order valence-electron chi connectivity index (χ3n) is 2.43. The molecule has 2 N–H and O–H groups in total. The summed E-state index contributed by atoms with van der Waals surface area (Å²) in [4.78, 5) is 11.8. The Morgan fingerprint density at radius 1 is 1.56 bits per heavy atom. The van der Waals surface area contributed by atoms with Gasteiger partial charge in [-0.05, 0) is 18.2 Å². The Morgan fingerprint density at radius 3 is 2.94 bits per heavy atom. The van der Waals surface area contributed by atoms with Gasteiger partial charge < -0.3 is 15.4 Å². The predicted molar refractivity (Wildman–Crippen MR) is 69.9 cm³/mol. The number of benzene rings is 1. The van der Waals surface area contributed by atoms with Crippen molar-refractivity contribution in [3.05, 3.63) is 29.0 Å². The van der Waals surface area contributed by atoms with Crippen LogP contribution in [0.5, 0.6) is 0 Å². The smallest absolute Gasteiger partial charge is 0.243 e. The summed E-state index contributed by atoms with van der Waals surface area (Å²) in [6, 6.07) is 3.66. The molecule has 1 aliphatic heterocycles. The number of morpholine rings is 1. The summed E-state index contributed by atoms with van der Waals surface area (Å²) >= 11 is 5.62. The lowest BCUT2D eigenvalue weighted by Gasteiger charge is -2.22. The van der Waals surface area contributed by atoms with E-state index in [0.717, 1.165) is 6.07 Å². The van der Waals surface area contributed by atoms with Crippen LogP contribution in [0.15, 0.2) is 18.2 Å².